The van der Waals surface area contributed by atoms with Crippen molar-refractivity contribution < 1.29 is 17.5 Å². The molecule has 4 aromatic carbocycles. The normalized spacial score (nSPS) is 10.5. The van der Waals surface area contributed by atoms with E-state index >= 15 is 0 Å². The number of benzene rings is 4. The van der Waals surface area contributed by atoms with Crippen molar-refractivity contribution in [1.29, 1.82) is 0 Å². The summed E-state index contributed by atoms with van der Waals surface area (Å²) in [6.45, 7) is 4.28. The molecule has 0 spiro atoms. The second-order valence-electron chi connectivity index (χ2n) is 6.04. The molecule has 0 atom stereocenters. The fourth-order valence-electron chi connectivity index (χ4n) is 2.77. The maximum absolute atomic E-state index is 8.74. The van der Waals surface area contributed by atoms with Gasteiger partial charge in [0.2, 0.25) is 0 Å². The Morgan fingerprint density at radius 3 is 1.19 bits per heavy atom. The van der Waals surface area contributed by atoms with Gasteiger partial charge in [-0.1, -0.05) is 84.9 Å². The average molecular weight is 382 g/mol. The topological polar surface area (TPSA) is 74.6 Å². The van der Waals surface area contributed by atoms with E-state index in [-0.39, 0.29) is 0 Å². The van der Waals surface area contributed by atoms with Crippen LogP contribution in [0.1, 0.15) is 11.1 Å². The molecule has 0 fully saturated rings. The first-order valence-electron chi connectivity index (χ1n) is 8.34. The summed E-state index contributed by atoms with van der Waals surface area (Å²) in [6, 6.07) is 29.7. The van der Waals surface area contributed by atoms with E-state index in [4.69, 9.17) is 17.5 Å². The predicted molar refractivity (Wildman–Crippen MR) is 112 cm³/mol. The van der Waals surface area contributed by atoms with Crippen molar-refractivity contribution in [3.8, 4) is 0 Å². The zero-order valence-electron chi connectivity index (χ0n) is 15.2. The fourth-order valence-corrected chi connectivity index (χ4v) is 2.77. The van der Waals surface area contributed by atoms with E-state index in [1.54, 1.807) is 0 Å². The lowest BCUT2D eigenvalue weighted by Crippen LogP contribution is -1.89. The maximum atomic E-state index is 8.74. The van der Waals surface area contributed by atoms with Crippen molar-refractivity contribution in [3.05, 3.63) is 96.1 Å². The summed E-state index contributed by atoms with van der Waals surface area (Å²) in [5, 5.41) is 5.37. The summed E-state index contributed by atoms with van der Waals surface area (Å²) in [5.41, 5.74) is 2.70. The lowest BCUT2D eigenvalue weighted by molar-refractivity contribution is 0.381. The number of hydrogen-bond acceptors (Lipinski definition) is 2. The molecule has 2 N–H and O–H groups in total. The van der Waals surface area contributed by atoms with Crippen molar-refractivity contribution in [2.24, 2.45) is 0 Å². The average Bonchev–Trinajstić information content (AvgIpc) is 2.62. The highest BCUT2D eigenvalue weighted by atomic mass is 32.3. The Morgan fingerprint density at radius 2 is 0.852 bits per heavy atom. The SMILES string of the molecule is Cc1cccc2ccccc12.Cc1cccc2ccccc12.O=S(=O)(O)O. The van der Waals surface area contributed by atoms with E-state index in [1.165, 1.54) is 32.7 Å². The van der Waals surface area contributed by atoms with Gasteiger partial charge < -0.3 is 0 Å². The van der Waals surface area contributed by atoms with E-state index in [0.717, 1.165) is 0 Å². The smallest absolute Gasteiger partial charge is 0.264 e. The molecule has 140 valence electrons. The molecule has 4 rings (SSSR count). The number of fused-ring (bicyclic) bond motifs is 2. The van der Waals surface area contributed by atoms with Gasteiger partial charge in [-0.2, -0.15) is 8.42 Å². The first kappa shape index (κ1) is 20.6. The van der Waals surface area contributed by atoms with Crippen molar-refractivity contribution in [3.63, 3.8) is 0 Å². The zero-order chi connectivity index (χ0) is 19.9. The van der Waals surface area contributed by atoms with Crippen LogP contribution in [0.25, 0.3) is 21.5 Å². The molecule has 0 heterocycles. The molecular formula is C22H22O4S. The molecule has 27 heavy (non-hydrogen) atoms. The molecule has 0 bridgehead atoms. The van der Waals surface area contributed by atoms with Crippen LogP contribution < -0.4 is 0 Å². The van der Waals surface area contributed by atoms with Crippen LogP contribution in [0, 0.1) is 13.8 Å². The minimum atomic E-state index is -4.67. The van der Waals surface area contributed by atoms with Crippen LogP contribution in [-0.4, -0.2) is 17.5 Å². The van der Waals surface area contributed by atoms with Gasteiger partial charge in [0.1, 0.15) is 0 Å². The Hall–Kier alpha value is -2.73. The highest BCUT2D eigenvalue weighted by Crippen LogP contribution is 2.17. The monoisotopic (exact) mass is 382 g/mol. The molecule has 0 aliphatic rings. The molecule has 0 amide bonds. The zero-order valence-corrected chi connectivity index (χ0v) is 16.0. The van der Waals surface area contributed by atoms with Crippen molar-refractivity contribution in [2.75, 3.05) is 0 Å². The van der Waals surface area contributed by atoms with Gasteiger partial charge in [0, 0.05) is 0 Å². The number of aryl methyl sites for hydroxylation is 2. The quantitative estimate of drug-likeness (QED) is 0.386. The van der Waals surface area contributed by atoms with Gasteiger partial charge in [-0.05, 0) is 46.5 Å². The van der Waals surface area contributed by atoms with Gasteiger partial charge in [0.25, 0.3) is 0 Å². The van der Waals surface area contributed by atoms with Gasteiger partial charge in [0.15, 0.2) is 0 Å². The number of hydrogen-bond donors (Lipinski definition) is 2. The highest BCUT2D eigenvalue weighted by molar-refractivity contribution is 7.79. The second kappa shape index (κ2) is 9.28. The van der Waals surface area contributed by atoms with E-state index in [9.17, 15) is 0 Å². The van der Waals surface area contributed by atoms with E-state index in [1.807, 2.05) is 0 Å². The standard InChI is InChI=1S/2C11H10.H2O4S/c2*1-9-5-4-7-10-6-2-3-8-11(9)10;1-5(2,3)4/h2*2-8H,1H3;(H2,1,2,3,4). The van der Waals surface area contributed by atoms with E-state index < -0.39 is 10.4 Å². The minimum absolute atomic E-state index is 1.33. The molecular weight excluding hydrogens is 360 g/mol. The van der Waals surface area contributed by atoms with Crippen molar-refractivity contribution in [2.45, 2.75) is 13.8 Å². The maximum Gasteiger partial charge on any atom is 0.394 e. The molecule has 0 aromatic heterocycles. The summed E-state index contributed by atoms with van der Waals surface area (Å²) >= 11 is 0. The Balaban J connectivity index is 0.000000157. The Labute approximate surface area is 159 Å². The molecule has 0 aliphatic carbocycles. The first-order chi connectivity index (χ1) is 12.8. The van der Waals surface area contributed by atoms with Crippen LogP contribution in [0.4, 0.5) is 0 Å². The van der Waals surface area contributed by atoms with Crippen molar-refractivity contribution >= 4 is 31.9 Å². The third-order valence-electron chi connectivity index (χ3n) is 4.02. The summed E-state index contributed by atoms with van der Waals surface area (Å²) in [7, 11) is -4.67. The molecule has 0 saturated heterocycles. The second-order valence-corrected chi connectivity index (χ2v) is 6.94. The van der Waals surface area contributed by atoms with Gasteiger partial charge in [-0.25, -0.2) is 0 Å². The lowest BCUT2D eigenvalue weighted by Gasteiger charge is -1.98. The molecule has 0 saturated carbocycles. The third kappa shape index (κ3) is 6.83. The summed E-state index contributed by atoms with van der Waals surface area (Å²) in [5.74, 6) is 0. The summed E-state index contributed by atoms with van der Waals surface area (Å²) in [6.07, 6.45) is 0. The Morgan fingerprint density at radius 1 is 0.556 bits per heavy atom. The lowest BCUT2D eigenvalue weighted by atomic mass is 10.1. The highest BCUT2D eigenvalue weighted by Gasteiger charge is 1.93. The van der Waals surface area contributed by atoms with Gasteiger partial charge in [-0.3, -0.25) is 9.11 Å². The van der Waals surface area contributed by atoms with Crippen LogP contribution >= 0.6 is 0 Å². The molecule has 4 aromatic rings. The van der Waals surface area contributed by atoms with Crippen LogP contribution in [0.2, 0.25) is 0 Å². The van der Waals surface area contributed by atoms with Crippen LogP contribution in [0.3, 0.4) is 0 Å². The Kier molecular flexibility index (Phi) is 7.07. The minimum Gasteiger partial charge on any atom is -0.264 e. The summed E-state index contributed by atoms with van der Waals surface area (Å²) in [4.78, 5) is 0. The van der Waals surface area contributed by atoms with Crippen LogP contribution in [0.5, 0.6) is 0 Å². The number of rotatable bonds is 0. The van der Waals surface area contributed by atoms with Gasteiger partial charge in [-0.15, -0.1) is 0 Å². The van der Waals surface area contributed by atoms with Crippen LogP contribution in [-0.2, 0) is 10.4 Å². The predicted octanol–water partition coefficient (Wildman–Crippen LogP) is 5.64. The van der Waals surface area contributed by atoms with Gasteiger partial charge in [0.05, 0.1) is 0 Å². The van der Waals surface area contributed by atoms with E-state index in [0.29, 0.717) is 0 Å². The largest absolute Gasteiger partial charge is 0.394 e. The first-order valence-corrected chi connectivity index (χ1v) is 9.74. The molecule has 0 radical (unpaired) electrons. The Bertz CT molecular complexity index is 1040. The fraction of sp³-hybridized carbons (Fsp3) is 0.0909. The van der Waals surface area contributed by atoms with E-state index in [2.05, 4.69) is 98.8 Å². The molecule has 0 aliphatic heterocycles. The molecule has 0 unspecified atom stereocenters. The van der Waals surface area contributed by atoms with Gasteiger partial charge >= 0.3 is 10.4 Å². The summed E-state index contributed by atoms with van der Waals surface area (Å²) < 4.78 is 31.6. The third-order valence-corrected chi connectivity index (χ3v) is 4.02. The van der Waals surface area contributed by atoms with Crippen molar-refractivity contribution in [1.82, 2.24) is 0 Å². The van der Waals surface area contributed by atoms with Crippen LogP contribution in [0.15, 0.2) is 84.9 Å². The molecule has 4 nitrogen and oxygen atoms in total. The molecule has 5 heteroatoms.